The molecule has 0 aromatic heterocycles. The third kappa shape index (κ3) is 13.3. The molecule has 0 amide bonds. The molecule has 0 rings (SSSR count). The van der Waals surface area contributed by atoms with Gasteiger partial charge in [0.15, 0.2) is 5.96 Å². The molecule has 6 N–H and O–H groups in total. The van der Waals surface area contributed by atoms with Crippen LogP contribution in [-0.4, -0.2) is 30.1 Å². The van der Waals surface area contributed by atoms with Gasteiger partial charge in [0, 0.05) is 6.54 Å². The predicted octanol–water partition coefficient (Wildman–Crippen LogP) is 0.553. The first kappa shape index (κ1) is 22.5. The Bertz CT molecular complexity index is 263. The fourth-order valence-electron chi connectivity index (χ4n) is 1.01. The number of nitrogens with zero attached hydrogens (tertiary/aromatic N) is 1. The monoisotopic (exact) mass is 302 g/mol. The van der Waals surface area contributed by atoms with Crippen molar-refractivity contribution in [2.75, 3.05) is 6.54 Å². The first-order chi connectivity index (χ1) is 7.22. The lowest BCUT2D eigenvalue weighted by molar-refractivity contribution is -0.156. The van der Waals surface area contributed by atoms with Crippen LogP contribution in [0, 0.1) is 0 Å². The highest BCUT2D eigenvalue weighted by molar-refractivity contribution is 5.85. The van der Waals surface area contributed by atoms with Crippen LogP contribution in [0.25, 0.3) is 0 Å². The normalized spacial score (nSPS) is 11.6. The summed E-state index contributed by atoms with van der Waals surface area (Å²) < 4.78 is 5.13. The number of carbonyl (C=O) groups is 1. The lowest BCUT2D eigenvalue weighted by Gasteiger charge is -2.22. The molecule has 6 nitrogen and oxygen atoms in total. The molecule has 0 aliphatic rings. The van der Waals surface area contributed by atoms with E-state index in [2.05, 4.69) is 4.99 Å². The van der Waals surface area contributed by atoms with E-state index in [1.54, 1.807) is 20.8 Å². The predicted molar refractivity (Wildman–Crippen MR) is 78.2 cm³/mol. The van der Waals surface area contributed by atoms with E-state index in [9.17, 15) is 4.79 Å². The summed E-state index contributed by atoms with van der Waals surface area (Å²) in [5.41, 5.74) is 15.5. The molecule has 0 fully saturated rings. The minimum Gasteiger partial charge on any atom is -0.459 e. The molecule has 0 saturated heterocycles. The van der Waals surface area contributed by atoms with Gasteiger partial charge in [-0.3, -0.25) is 9.79 Å². The van der Waals surface area contributed by atoms with Crippen LogP contribution in [0.5, 0.6) is 0 Å². The van der Waals surface area contributed by atoms with E-state index in [-0.39, 0.29) is 30.8 Å². The SMILES string of the molecule is CC(C)(C)OC(=O)C(N)CCCN=C(N)N.Cl.Cl. The summed E-state index contributed by atoms with van der Waals surface area (Å²) in [6, 6.07) is -0.617. The third-order valence-corrected chi connectivity index (χ3v) is 1.68. The second kappa shape index (κ2) is 10.2. The third-order valence-electron chi connectivity index (χ3n) is 1.68. The van der Waals surface area contributed by atoms with E-state index in [1.807, 2.05) is 0 Å². The number of hydrogen-bond donors (Lipinski definition) is 3. The molecule has 1 unspecified atom stereocenters. The van der Waals surface area contributed by atoms with Gasteiger partial charge >= 0.3 is 5.97 Å². The first-order valence-electron chi connectivity index (χ1n) is 5.26. The zero-order chi connectivity index (χ0) is 12.8. The van der Waals surface area contributed by atoms with Crippen LogP contribution >= 0.6 is 24.8 Å². The minimum atomic E-state index is -0.617. The smallest absolute Gasteiger partial charge is 0.323 e. The van der Waals surface area contributed by atoms with Crippen molar-refractivity contribution in [1.82, 2.24) is 0 Å². The first-order valence-corrected chi connectivity index (χ1v) is 5.26. The summed E-state index contributed by atoms with van der Waals surface area (Å²) in [5, 5.41) is 0. The topological polar surface area (TPSA) is 117 Å². The quantitative estimate of drug-likeness (QED) is 0.297. The molecule has 0 bridgehead atoms. The summed E-state index contributed by atoms with van der Waals surface area (Å²) >= 11 is 0. The van der Waals surface area contributed by atoms with Crippen molar-refractivity contribution in [3.05, 3.63) is 0 Å². The van der Waals surface area contributed by atoms with Gasteiger partial charge in [-0.15, -0.1) is 24.8 Å². The van der Waals surface area contributed by atoms with Gasteiger partial charge in [-0.1, -0.05) is 0 Å². The molecule has 0 aromatic carbocycles. The van der Waals surface area contributed by atoms with Crippen LogP contribution in [0.15, 0.2) is 4.99 Å². The van der Waals surface area contributed by atoms with Gasteiger partial charge in [-0.05, 0) is 33.6 Å². The van der Waals surface area contributed by atoms with Crippen molar-refractivity contribution < 1.29 is 9.53 Å². The fourth-order valence-corrected chi connectivity index (χ4v) is 1.01. The Hall–Kier alpha value is -0.720. The van der Waals surface area contributed by atoms with E-state index in [1.165, 1.54) is 0 Å². The molecule has 110 valence electrons. The molecular formula is C10H24Cl2N4O2. The highest BCUT2D eigenvalue weighted by Gasteiger charge is 2.21. The van der Waals surface area contributed by atoms with Gasteiger partial charge in [-0.25, -0.2) is 0 Å². The molecule has 0 aliphatic heterocycles. The van der Waals surface area contributed by atoms with Crippen molar-refractivity contribution in [3.8, 4) is 0 Å². The lowest BCUT2D eigenvalue weighted by atomic mass is 10.1. The van der Waals surface area contributed by atoms with Crippen molar-refractivity contribution in [2.24, 2.45) is 22.2 Å². The molecule has 0 saturated carbocycles. The average Bonchev–Trinajstić information content (AvgIpc) is 2.08. The maximum atomic E-state index is 11.5. The Morgan fingerprint density at radius 2 is 1.78 bits per heavy atom. The Morgan fingerprint density at radius 1 is 1.28 bits per heavy atom. The molecule has 18 heavy (non-hydrogen) atoms. The number of esters is 1. The largest absolute Gasteiger partial charge is 0.459 e. The van der Waals surface area contributed by atoms with Crippen LogP contribution < -0.4 is 17.2 Å². The fraction of sp³-hybridized carbons (Fsp3) is 0.800. The second-order valence-electron chi connectivity index (χ2n) is 4.59. The molecule has 8 heteroatoms. The number of ether oxygens (including phenoxy) is 1. The minimum absolute atomic E-state index is 0. The van der Waals surface area contributed by atoms with E-state index in [4.69, 9.17) is 21.9 Å². The maximum absolute atomic E-state index is 11.5. The Labute approximate surface area is 121 Å². The van der Waals surface area contributed by atoms with Crippen LogP contribution in [0.3, 0.4) is 0 Å². The van der Waals surface area contributed by atoms with Crippen LogP contribution in [0.1, 0.15) is 33.6 Å². The van der Waals surface area contributed by atoms with E-state index in [0.717, 1.165) is 0 Å². The summed E-state index contributed by atoms with van der Waals surface area (Å²) in [6.07, 6.45) is 1.16. The van der Waals surface area contributed by atoms with Gasteiger partial charge in [0.05, 0.1) is 0 Å². The summed E-state index contributed by atoms with van der Waals surface area (Å²) in [7, 11) is 0. The molecule has 0 aliphatic carbocycles. The van der Waals surface area contributed by atoms with Gasteiger partial charge < -0.3 is 21.9 Å². The van der Waals surface area contributed by atoms with Crippen molar-refractivity contribution in [3.63, 3.8) is 0 Å². The zero-order valence-electron chi connectivity index (χ0n) is 11.0. The Balaban J connectivity index is -0.00000112. The Kier molecular flexibility index (Phi) is 12.8. The number of aliphatic imine (C=N–C) groups is 1. The van der Waals surface area contributed by atoms with Crippen molar-refractivity contribution in [2.45, 2.75) is 45.3 Å². The molecule has 1 atom stereocenters. The van der Waals surface area contributed by atoms with Gasteiger partial charge in [-0.2, -0.15) is 0 Å². The Morgan fingerprint density at radius 3 is 2.17 bits per heavy atom. The van der Waals surface area contributed by atoms with Crippen LogP contribution in [-0.2, 0) is 9.53 Å². The lowest BCUT2D eigenvalue weighted by Crippen LogP contribution is -2.37. The highest BCUT2D eigenvalue weighted by atomic mass is 35.5. The molecular weight excluding hydrogens is 279 g/mol. The van der Waals surface area contributed by atoms with E-state index < -0.39 is 17.6 Å². The molecule has 0 aromatic rings. The van der Waals surface area contributed by atoms with Gasteiger partial charge in [0.1, 0.15) is 11.6 Å². The molecule has 0 spiro atoms. The number of nitrogens with two attached hydrogens (primary N) is 3. The van der Waals surface area contributed by atoms with Crippen LogP contribution in [0.2, 0.25) is 0 Å². The van der Waals surface area contributed by atoms with Crippen molar-refractivity contribution in [1.29, 1.82) is 0 Å². The number of guanidine groups is 1. The van der Waals surface area contributed by atoms with E-state index in [0.29, 0.717) is 19.4 Å². The zero-order valence-corrected chi connectivity index (χ0v) is 12.6. The van der Waals surface area contributed by atoms with E-state index >= 15 is 0 Å². The average molecular weight is 303 g/mol. The van der Waals surface area contributed by atoms with Gasteiger partial charge in [0.2, 0.25) is 0 Å². The highest BCUT2D eigenvalue weighted by Crippen LogP contribution is 2.09. The standard InChI is InChI=1S/C10H22N4O2.2ClH/c1-10(2,3)16-8(15)7(11)5-4-6-14-9(12)13;;/h7H,4-6,11H2,1-3H3,(H4,12,13,14);2*1H. The van der Waals surface area contributed by atoms with Gasteiger partial charge in [0.25, 0.3) is 0 Å². The molecule has 0 radical (unpaired) electrons. The van der Waals surface area contributed by atoms with Crippen molar-refractivity contribution >= 4 is 36.7 Å². The summed E-state index contributed by atoms with van der Waals surface area (Å²) in [6.45, 7) is 5.88. The number of halogens is 2. The summed E-state index contributed by atoms with van der Waals surface area (Å²) in [5.74, 6) is -0.344. The number of rotatable bonds is 5. The number of hydrogen-bond acceptors (Lipinski definition) is 4. The second-order valence-corrected chi connectivity index (χ2v) is 4.59. The summed E-state index contributed by atoms with van der Waals surface area (Å²) in [4.78, 5) is 15.2. The maximum Gasteiger partial charge on any atom is 0.323 e. The molecule has 0 heterocycles. The number of carbonyl (C=O) groups excluding carboxylic acids is 1. The van der Waals surface area contributed by atoms with Crippen LogP contribution in [0.4, 0.5) is 0 Å².